The molecular formula is C16H14N3O5S-. The number of thioether (sulfide) groups is 1. The first-order valence-electron chi connectivity index (χ1n) is 7.41. The zero-order chi connectivity index (χ0) is 18.3. The van der Waals surface area contributed by atoms with Crippen molar-refractivity contribution in [1.29, 1.82) is 0 Å². The first-order chi connectivity index (χ1) is 11.8. The molecule has 3 rings (SSSR count). The Balaban J connectivity index is 2.10. The van der Waals surface area contributed by atoms with E-state index in [1.807, 2.05) is 0 Å². The molecular weight excluding hydrogens is 346 g/mol. The van der Waals surface area contributed by atoms with Crippen molar-refractivity contribution in [3.05, 3.63) is 46.4 Å². The minimum atomic E-state index is -1.42. The minimum Gasteiger partial charge on any atom is -0.550 e. The summed E-state index contributed by atoms with van der Waals surface area (Å²) in [6.45, 7) is 1.62. The highest BCUT2D eigenvalue weighted by Gasteiger charge is 2.43. The van der Waals surface area contributed by atoms with Crippen molar-refractivity contribution in [2.45, 2.75) is 18.6 Å². The smallest absolute Gasteiger partial charge is 0.296 e. The van der Waals surface area contributed by atoms with Crippen molar-refractivity contribution in [1.82, 2.24) is 9.36 Å². The van der Waals surface area contributed by atoms with Crippen molar-refractivity contribution in [2.75, 3.05) is 4.90 Å². The molecule has 2 aromatic rings. The van der Waals surface area contributed by atoms with E-state index in [1.165, 1.54) is 4.68 Å². The van der Waals surface area contributed by atoms with E-state index in [1.54, 1.807) is 49.0 Å². The normalized spacial score (nSPS) is 17.4. The molecule has 0 spiro atoms. The first kappa shape index (κ1) is 17.0. The Morgan fingerprint density at radius 3 is 2.44 bits per heavy atom. The fraction of sp³-hybridized carbons (Fsp3) is 0.250. The summed E-state index contributed by atoms with van der Waals surface area (Å²) in [5.41, 5.74) is 0.421. The van der Waals surface area contributed by atoms with Crippen molar-refractivity contribution in [3.8, 4) is 5.69 Å². The first-order valence-corrected chi connectivity index (χ1v) is 8.29. The topological polar surface area (TPSA) is 104 Å². The van der Waals surface area contributed by atoms with Gasteiger partial charge >= 0.3 is 0 Å². The molecule has 9 heteroatoms. The maximum absolute atomic E-state index is 12.9. The number of rotatable bonds is 4. The highest BCUT2D eigenvalue weighted by molar-refractivity contribution is 8.15. The van der Waals surface area contributed by atoms with Gasteiger partial charge in [-0.2, -0.15) is 0 Å². The van der Waals surface area contributed by atoms with Gasteiger partial charge in [-0.05, 0) is 19.1 Å². The predicted octanol–water partition coefficient (Wildman–Crippen LogP) is 0.193. The quantitative estimate of drug-likeness (QED) is 0.771. The van der Waals surface area contributed by atoms with Gasteiger partial charge in [0, 0.05) is 19.4 Å². The largest absolute Gasteiger partial charge is 0.550 e. The molecule has 1 saturated heterocycles. The summed E-state index contributed by atoms with van der Waals surface area (Å²) in [5.74, 6) is -2.14. The van der Waals surface area contributed by atoms with Crippen LogP contribution in [-0.2, 0) is 16.6 Å². The molecule has 8 nitrogen and oxygen atoms in total. The molecule has 25 heavy (non-hydrogen) atoms. The number of carbonyl (C=O) groups is 3. The maximum atomic E-state index is 12.9. The van der Waals surface area contributed by atoms with E-state index >= 15 is 0 Å². The second-order valence-electron chi connectivity index (χ2n) is 5.53. The fourth-order valence-corrected chi connectivity index (χ4v) is 3.71. The van der Waals surface area contributed by atoms with Crippen molar-refractivity contribution in [3.63, 3.8) is 0 Å². The fourth-order valence-electron chi connectivity index (χ4n) is 2.75. The molecule has 1 aliphatic heterocycles. The van der Waals surface area contributed by atoms with Gasteiger partial charge in [0.2, 0.25) is 5.91 Å². The van der Waals surface area contributed by atoms with Gasteiger partial charge in [0.25, 0.3) is 10.8 Å². The van der Waals surface area contributed by atoms with Gasteiger partial charge in [-0.25, -0.2) is 9.58 Å². The number of benzene rings is 1. The molecule has 1 fully saturated rings. The number of nitrogens with zero attached hydrogens (tertiary/aromatic N) is 3. The number of imide groups is 1. The second kappa shape index (κ2) is 6.25. The van der Waals surface area contributed by atoms with Gasteiger partial charge in [0.05, 0.1) is 16.6 Å². The number of anilines is 1. The van der Waals surface area contributed by atoms with Crippen LogP contribution in [0.1, 0.15) is 12.1 Å². The third-order valence-corrected chi connectivity index (χ3v) is 5.06. The third kappa shape index (κ3) is 2.76. The van der Waals surface area contributed by atoms with Gasteiger partial charge < -0.3 is 9.90 Å². The molecule has 0 saturated carbocycles. The number of hydrogen-bond acceptors (Lipinski definition) is 6. The van der Waals surface area contributed by atoms with Gasteiger partial charge in [0.15, 0.2) is 0 Å². The van der Waals surface area contributed by atoms with E-state index in [0.29, 0.717) is 23.1 Å². The molecule has 2 amide bonds. The summed E-state index contributed by atoms with van der Waals surface area (Å²) in [6, 6.07) is 8.79. The van der Waals surface area contributed by atoms with Crippen LogP contribution < -0.4 is 15.6 Å². The lowest BCUT2D eigenvalue weighted by Gasteiger charge is -2.12. The summed E-state index contributed by atoms with van der Waals surface area (Å²) in [4.78, 5) is 49.1. The Morgan fingerprint density at radius 1 is 1.20 bits per heavy atom. The molecule has 1 aromatic heterocycles. The number of carbonyl (C=O) groups excluding carboxylic acids is 3. The number of hydrogen-bond donors (Lipinski definition) is 0. The van der Waals surface area contributed by atoms with E-state index in [-0.39, 0.29) is 5.69 Å². The van der Waals surface area contributed by atoms with Crippen LogP contribution in [0.25, 0.3) is 5.69 Å². The molecule has 1 aromatic carbocycles. The lowest BCUT2D eigenvalue weighted by Crippen LogP contribution is -2.37. The zero-order valence-corrected chi connectivity index (χ0v) is 14.3. The van der Waals surface area contributed by atoms with E-state index in [9.17, 15) is 24.3 Å². The monoisotopic (exact) mass is 360 g/mol. The van der Waals surface area contributed by atoms with E-state index in [2.05, 4.69) is 0 Å². The third-order valence-electron chi connectivity index (χ3n) is 4.02. The van der Waals surface area contributed by atoms with Crippen LogP contribution in [0.2, 0.25) is 0 Å². The molecule has 0 aliphatic carbocycles. The van der Waals surface area contributed by atoms with Crippen molar-refractivity contribution < 1.29 is 19.5 Å². The lowest BCUT2D eigenvalue weighted by molar-refractivity contribution is -0.305. The molecule has 0 N–H and O–H groups in total. The number of aromatic nitrogens is 2. The second-order valence-corrected chi connectivity index (χ2v) is 6.69. The summed E-state index contributed by atoms with van der Waals surface area (Å²) >= 11 is 0.592. The van der Waals surface area contributed by atoms with Gasteiger partial charge in [-0.15, -0.1) is 0 Å². The van der Waals surface area contributed by atoms with Crippen LogP contribution in [0.15, 0.2) is 35.1 Å². The van der Waals surface area contributed by atoms with Crippen LogP contribution in [0.3, 0.4) is 0 Å². The zero-order valence-electron chi connectivity index (χ0n) is 13.5. The predicted molar refractivity (Wildman–Crippen MR) is 89.6 cm³/mol. The molecule has 1 atom stereocenters. The van der Waals surface area contributed by atoms with E-state index in [0.717, 1.165) is 4.90 Å². The number of aliphatic carboxylic acids is 1. The highest BCUT2D eigenvalue weighted by Crippen LogP contribution is 2.33. The SMILES string of the molecule is Cc1c(N2C(=O)S[C@H](CC(=O)[O-])C2=O)c(=O)n(-c2ccccc2)n1C. The Hall–Kier alpha value is -2.81. The summed E-state index contributed by atoms with van der Waals surface area (Å²) in [5, 5.41) is 9.01. The molecule has 0 bridgehead atoms. The Morgan fingerprint density at radius 2 is 1.84 bits per heavy atom. The molecule has 1 aliphatic rings. The van der Waals surface area contributed by atoms with Crippen LogP contribution in [0.5, 0.6) is 0 Å². The maximum Gasteiger partial charge on any atom is 0.296 e. The number of para-hydroxylation sites is 1. The van der Waals surface area contributed by atoms with Crippen LogP contribution in [0.4, 0.5) is 10.5 Å². The molecule has 0 radical (unpaired) electrons. The number of amides is 2. The minimum absolute atomic E-state index is 0.0605. The van der Waals surface area contributed by atoms with Crippen molar-refractivity contribution in [2.24, 2.45) is 7.05 Å². The average Bonchev–Trinajstić information content (AvgIpc) is 2.94. The summed E-state index contributed by atoms with van der Waals surface area (Å²) in [7, 11) is 1.64. The average molecular weight is 360 g/mol. The van der Waals surface area contributed by atoms with E-state index in [4.69, 9.17) is 0 Å². The van der Waals surface area contributed by atoms with Gasteiger partial charge in [0.1, 0.15) is 5.69 Å². The number of carboxylic acid groups (broad SMARTS) is 1. The van der Waals surface area contributed by atoms with Crippen LogP contribution in [-0.4, -0.2) is 31.7 Å². The Bertz CT molecular complexity index is 931. The summed E-state index contributed by atoms with van der Waals surface area (Å²) in [6.07, 6.45) is -0.579. The molecule has 130 valence electrons. The van der Waals surface area contributed by atoms with Crippen LogP contribution >= 0.6 is 11.8 Å². The Labute approximate surface area is 146 Å². The van der Waals surface area contributed by atoms with Crippen molar-refractivity contribution >= 4 is 34.6 Å². The Kier molecular flexibility index (Phi) is 4.25. The highest BCUT2D eigenvalue weighted by atomic mass is 32.2. The van der Waals surface area contributed by atoms with Gasteiger partial charge in [-0.1, -0.05) is 30.0 Å². The van der Waals surface area contributed by atoms with Crippen LogP contribution in [0, 0.1) is 6.92 Å². The molecule has 0 unspecified atom stereocenters. The number of carboxylic acids is 1. The standard InChI is InChI=1S/C16H15N3O5S/c1-9-13(18-14(22)11(8-12(20)21)25-16(18)24)15(23)19(17(9)2)10-6-4-3-5-7-10/h3-7,11H,8H2,1-2H3,(H,20,21)/p-1/t11-/m1/s1. The van der Waals surface area contributed by atoms with Gasteiger partial charge in [-0.3, -0.25) is 19.1 Å². The molecule has 2 heterocycles. The summed E-state index contributed by atoms with van der Waals surface area (Å²) < 4.78 is 2.90. The lowest BCUT2D eigenvalue weighted by atomic mass is 10.2. The van der Waals surface area contributed by atoms with E-state index < -0.39 is 34.3 Å².